The molecule has 3 heteroatoms. The number of aliphatic hydroxyl groups excluding tert-OH is 1. The van der Waals surface area contributed by atoms with Gasteiger partial charge in [-0.05, 0) is 43.9 Å². The third-order valence-electron chi connectivity index (χ3n) is 4.06. The minimum atomic E-state index is -0.0125. The lowest BCUT2D eigenvalue weighted by atomic mass is 10.0. The maximum Gasteiger partial charge on any atom is 0.251 e. The van der Waals surface area contributed by atoms with Gasteiger partial charge in [-0.2, -0.15) is 0 Å². The summed E-state index contributed by atoms with van der Waals surface area (Å²) in [7, 11) is 0. The lowest BCUT2D eigenvalue weighted by Gasteiger charge is -2.19. The molecule has 0 aliphatic heterocycles. The number of carbonyl (C=O) groups excluding carboxylic acids is 1. The Labute approximate surface area is 108 Å². The van der Waals surface area contributed by atoms with Gasteiger partial charge in [0, 0.05) is 24.1 Å². The van der Waals surface area contributed by atoms with Crippen LogP contribution in [0.4, 0.5) is 0 Å². The zero-order valence-corrected chi connectivity index (χ0v) is 11.1. The first-order chi connectivity index (χ1) is 8.63. The number of hydrogen-bond acceptors (Lipinski definition) is 2. The van der Waals surface area contributed by atoms with E-state index in [1.807, 2.05) is 32.0 Å². The zero-order chi connectivity index (χ0) is 13.1. The van der Waals surface area contributed by atoms with Crippen LogP contribution in [0.25, 0.3) is 0 Å². The molecule has 2 rings (SSSR count). The largest absolute Gasteiger partial charge is 0.396 e. The average Bonchev–Trinajstić information content (AvgIpc) is 2.79. The maximum atomic E-state index is 12.2. The first-order valence-corrected chi connectivity index (χ1v) is 6.61. The Bertz CT molecular complexity index is 442. The Hall–Kier alpha value is -1.35. The SMILES string of the molecule is Cc1cccc(C(=O)NC2CCCC2CO)c1C. The molecule has 2 atom stereocenters. The average molecular weight is 247 g/mol. The van der Waals surface area contributed by atoms with Crippen molar-refractivity contribution in [2.24, 2.45) is 5.92 Å². The number of hydrogen-bond donors (Lipinski definition) is 2. The Kier molecular flexibility index (Phi) is 4.02. The third-order valence-corrected chi connectivity index (χ3v) is 4.06. The normalized spacial score (nSPS) is 23.1. The fraction of sp³-hybridized carbons (Fsp3) is 0.533. The van der Waals surface area contributed by atoms with Gasteiger partial charge in [-0.1, -0.05) is 18.6 Å². The molecule has 0 radical (unpaired) electrons. The summed E-state index contributed by atoms with van der Waals surface area (Å²) in [5.41, 5.74) is 2.92. The number of carbonyl (C=O) groups is 1. The summed E-state index contributed by atoms with van der Waals surface area (Å²) >= 11 is 0. The van der Waals surface area contributed by atoms with Gasteiger partial charge >= 0.3 is 0 Å². The lowest BCUT2D eigenvalue weighted by molar-refractivity contribution is 0.0915. The van der Waals surface area contributed by atoms with Crippen molar-refractivity contribution in [3.63, 3.8) is 0 Å². The van der Waals surface area contributed by atoms with Crippen molar-refractivity contribution >= 4 is 5.91 Å². The molecular formula is C15H21NO2. The quantitative estimate of drug-likeness (QED) is 0.860. The first-order valence-electron chi connectivity index (χ1n) is 6.61. The number of benzene rings is 1. The predicted octanol–water partition coefficient (Wildman–Crippen LogP) is 2.19. The summed E-state index contributed by atoms with van der Waals surface area (Å²) in [6, 6.07) is 5.91. The topological polar surface area (TPSA) is 49.3 Å². The Morgan fingerprint density at radius 1 is 1.39 bits per heavy atom. The van der Waals surface area contributed by atoms with Crippen molar-refractivity contribution in [2.45, 2.75) is 39.2 Å². The molecule has 0 bridgehead atoms. The number of nitrogens with one attached hydrogen (secondary N) is 1. The van der Waals surface area contributed by atoms with Crippen LogP contribution in [-0.2, 0) is 0 Å². The van der Waals surface area contributed by atoms with E-state index in [9.17, 15) is 9.90 Å². The van der Waals surface area contributed by atoms with Crippen LogP contribution in [0.3, 0.4) is 0 Å². The number of aryl methyl sites for hydroxylation is 1. The third kappa shape index (κ3) is 2.56. The highest BCUT2D eigenvalue weighted by Crippen LogP contribution is 2.25. The highest BCUT2D eigenvalue weighted by molar-refractivity contribution is 5.96. The van der Waals surface area contributed by atoms with Crippen LogP contribution in [0.5, 0.6) is 0 Å². The second kappa shape index (κ2) is 5.53. The van der Waals surface area contributed by atoms with E-state index >= 15 is 0 Å². The molecule has 0 aromatic heterocycles. The van der Waals surface area contributed by atoms with Crippen LogP contribution in [0.2, 0.25) is 0 Å². The van der Waals surface area contributed by atoms with Gasteiger partial charge in [0.05, 0.1) is 0 Å². The molecule has 1 aromatic rings. The molecule has 1 amide bonds. The smallest absolute Gasteiger partial charge is 0.251 e. The minimum absolute atomic E-state index is 0.0125. The Morgan fingerprint density at radius 2 is 2.17 bits per heavy atom. The molecule has 3 nitrogen and oxygen atoms in total. The van der Waals surface area contributed by atoms with Crippen molar-refractivity contribution in [2.75, 3.05) is 6.61 Å². The molecule has 2 unspecified atom stereocenters. The highest BCUT2D eigenvalue weighted by Gasteiger charge is 2.28. The Morgan fingerprint density at radius 3 is 2.89 bits per heavy atom. The van der Waals surface area contributed by atoms with Gasteiger partial charge in [-0.3, -0.25) is 4.79 Å². The molecule has 1 aliphatic carbocycles. The van der Waals surface area contributed by atoms with Crippen LogP contribution in [0.1, 0.15) is 40.7 Å². The van der Waals surface area contributed by atoms with E-state index in [-0.39, 0.29) is 24.5 Å². The van der Waals surface area contributed by atoms with E-state index in [0.717, 1.165) is 36.0 Å². The van der Waals surface area contributed by atoms with Gasteiger partial charge in [0.1, 0.15) is 0 Å². The molecule has 0 saturated heterocycles. The summed E-state index contributed by atoms with van der Waals surface area (Å²) in [6.07, 6.45) is 3.07. The number of rotatable bonds is 3. The highest BCUT2D eigenvalue weighted by atomic mass is 16.3. The van der Waals surface area contributed by atoms with Gasteiger partial charge in [0.2, 0.25) is 0 Å². The molecular weight excluding hydrogens is 226 g/mol. The Balaban J connectivity index is 2.10. The van der Waals surface area contributed by atoms with Crippen molar-refractivity contribution in [3.05, 3.63) is 34.9 Å². The number of aliphatic hydroxyl groups is 1. The minimum Gasteiger partial charge on any atom is -0.396 e. The van der Waals surface area contributed by atoms with Crippen LogP contribution >= 0.6 is 0 Å². The van der Waals surface area contributed by atoms with E-state index in [0.29, 0.717) is 0 Å². The fourth-order valence-electron chi connectivity index (χ4n) is 2.69. The van der Waals surface area contributed by atoms with Crippen molar-refractivity contribution in [3.8, 4) is 0 Å². The second-order valence-electron chi connectivity index (χ2n) is 5.20. The van der Waals surface area contributed by atoms with Gasteiger partial charge in [-0.25, -0.2) is 0 Å². The van der Waals surface area contributed by atoms with Crippen molar-refractivity contribution in [1.82, 2.24) is 5.32 Å². The van der Waals surface area contributed by atoms with Crippen molar-refractivity contribution in [1.29, 1.82) is 0 Å². The first kappa shape index (κ1) is 13.1. The molecule has 1 fully saturated rings. The molecule has 98 valence electrons. The summed E-state index contributed by atoms with van der Waals surface area (Å²) in [4.78, 5) is 12.2. The van der Waals surface area contributed by atoms with Crippen LogP contribution in [0.15, 0.2) is 18.2 Å². The molecule has 0 heterocycles. The van der Waals surface area contributed by atoms with Crippen LogP contribution in [0, 0.1) is 19.8 Å². The second-order valence-corrected chi connectivity index (χ2v) is 5.20. The molecule has 18 heavy (non-hydrogen) atoms. The van der Waals surface area contributed by atoms with E-state index < -0.39 is 0 Å². The van der Waals surface area contributed by atoms with Crippen LogP contribution in [-0.4, -0.2) is 23.7 Å². The van der Waals surface area contributed by atoms with Crippen molar-refractivity contribution < 1.29 is 9.90 Å². The van der Waals surface area contributed by atoms with E-state index in [2.05, 4.69) is 5.32 Å². The molecule has 1 aliphatic rings. The molecule has 1 saturated carbocycles. The summed E-state index contributed by atoms with van der Waals surface area (Å²) < 4.78 is 0. The van der Waals surface area contributed by atoms with Gasteiger partial charge < -0.3 is 10.4 Å². The summed E-state index contributed by atoms with van der Waals surface area (Å²) in [5.74, 6) is 0.209. The molecule has 2 N–H and O–H groups in total. The van der Waals surface area contributed by atoms with E-state index in [1.54, 1.807) is 0 Å². The molecule has 0 spiro atoms. The standard InChI is InChI=1S/C15H21NO2/c1-10-5-3-7-13(11(10)2)15(18)16-14-8-4-6-12(14)9-17/h3,5,7,12,14,17H,4,6,8-9H2,1-2H3,(H,16,18). The zero-order valence-electron chi connectivity index (χ0n) is 11.1. The van der Waals surface area contributed by atoms with Gasteiger partial charge in [0.25, 0.3) is 5.91 Å². The molecule has 1 aromatic carbocycles. The monoisotopic (exact) mass is 247 g/mol. The lowest BCUT2D eigenvalue weighted by Crippen LogP contribution is -2.38. The van der Waals surface area contributed by atoms with Gasteiger partial charge in [0.15, 0.2) is 0 Å². The predicted molar refractivity (Wildman–Crippen MR) is 71.6 cm³/mol. The maximum absolute atomic E-state index is 12.2. The van der Waals surface area contributed by atoms with E-state index in [1.165, 1.54) is 0 Å². The number of amides is 1. The van der Waals surface area contributed by atoms with Crippen LogP contribution < -0.4 is 5.32 Å². The van der Waals surface area contributed by atoms with Gasteiger partial charge in [-0.15, -0.1) is 0 Å². The summed E-state index contributed by atoms with van der Waals surface area (Å²) in [5, 5.41) is 12.3. The fourth-order valence-corrected chi connectivity index (χ4v) is 2.69. The van der Waals surface area contributed by atoms with E-state index in [4.69, 9.17) is 0 Å². The summed E-state index contributed by atoms with van der Waals surface area (Å²) in [6.45, 7) is 4.15.